The molecule has 10 heteroatoms. The SMILES string of the molecule is O=C1OC2CC3CC1CC(C3)C2OC(=O)C(CS(=O)(=O)O)C(=O)OC1C2CC3CC(C2)CC1C3. The Hall–Kier alpha value is -1.68. The van der Waals surface area contributed by atoms with E-state index in [0.717, 1.165) is 38.5 Å². The zero-order chi connectivity index (χ0) is 23.8. The summed E-state index contributed by atoms with van der Waals surface area (Å²) < 4.78 is 49.9. The zero-order valence-electron chi connectivity index (χ0n) is 19.0. The largest absolute Gasteiger partial charge is 0.461 e. The summed E-state index contributed by atoms with van der Waals surface area (Å²) in [6, 6.07) is 0. The average Bonchev–Trinajstić information content (AvgIpc) is 2.91. The van der Waals surface area contributed by atoms with Crippen LogP contribution in [0.3, 0.4) is 0 Å². The molecule has 0 radical (unpaired) electrons. The molecule has 188 valence electrons. The highest BCUT2D eigenvalue weighted by atomic mass is 32.2. The third kappa shape index (κ3) is 4.14. The van der Waals surface area contributed by atoms with Crippen molar-refractivity contribution in [2.75, 3.05) is 5.75 Å². The van der Waals surface area contributed by atoms with Crippen molar-refractivity contribution in [2.45, 2.75) is 76.1 Å². The summed E-state index contributed by atoms with van der Waals surface area (Å²) in [6.45, 7) is 0. The maximum atomic E-state index is 13.2. The first-order valence-corrected chi connectivity index (χ1v) is 14.3. The molecule has 0 spiro atoms. The van der Waals surface area contributed by atoms with Gasteiger partial charge >= 0.3 is 17.9 Å². The molecule has 0 aromatic carbocycles. The molecule has 0 aromatic heterocycles. The number of ether oxygens (including phenoxy) is 3. The molecule has 9 nitrogen and oxygen atoms in total. The minimum Gasteiger partial charge on any atom is -0.461 e. The van der Waals surface area contributed by atoms with Gasteiger partial charge in [0.1, 0.15) is 18.3 Å². The van der Waals surface area contributed by atoms with Crippen molar-refractivity contribution in [1.29, 1.82) is 0 Å². The maximum absolute atomic E-state index is 13.2. The van der Waals surface area contributed by atoms with Gasteiger partial charge < -0.3 is 14.2 Å². The highest BCUT2D eigenvalue weighted by molar-refractivity contribution is 7.85. The fraction of sp³-hybridized carbons (Fsp3) is 0.875. The molecule has 34 heavy (non-hydrogen) atoms. The molecule has 6 saturated carbocycles. The van der Waals surface area contributed by atoms with Crippen LogP contribution in [-0.4, -0.2) is 54.9 Å². The highest BCUT2D eigenvalue weighted by Crippen LogP contribution is 2.55. The first kappa shape index (κ1) is 22.8. The average molecular weight is 497 g/mol. The van der Waals surface area contributed by atoms with E-state index in [1.165, 1.54) is 6.42 Å². The molecule has 8 bridgehead atoms. The number of carbonyl (C=O) groups is 3. The van der Waals surface area contributed by atoms with Gasteiger partial charge in [0.05, 0.1) is 11.7 Å². The van der Waals surface area contributed by atoms with E-state index in [-0.39, 0.29) is 35.7 Å². The third-order valence-corrected chi connectivity index (χ3v) is 10.2. The Balaban J connectivity index is 1.18. The lowest BCUT2D eigenvalue weighted by molar-refractivity contribution is -0.187. The van der Waals surface area contributed by atoms with Crippen LogP contribution in [-0.2, 0) is 38.7 Å². The monoisotopic (exact) mass is 496 g/mol. The summed E-state index contributed by atoms with van der Waals surface area (Å²) in [5.41, 5.74) is 0. The predicted molar refractivity (Wildman–Crippen MR) is 116 cm³/mol. The van der Waals surface area contributed by atoms with Crippen molar-refractivity contribution in [2.24, 2.45) is 47.3 Å². The van der Waals surface area contributed by atoms with E-state index in [0.29, 0.717) is 30.6 Å². The summed E-state index contributed by atoms with van der Waals surface area (Å²) in [7, 11) is -4.64. The van der Waals surface area contributed by atoms with Crippen LogP contribution in [0.5, 0.6) is 0 Å². The van der Waals surface area contributed by atoms with Gasteiger partial charge in [-0.1, -0.05) is 0 Å². The minimum atomic E-state index is -4.64. The number of fused-ring (bicyclic) bond motifs is 1. The van der Waals surface area contributed by atoms with Gasteiger partial charge in [0.25, 0.3) is 10.1 Å². The van der Waals surface area contributed by atoms with Crippen molar-refractivity contribution in [3.63, 3.8) is 0 Å². The first-order valence-electron chi connectivity index (χ1n) is 12.7. The Morgan fingerprint density at radius 1 is 0.824 bits per heavy atom. The van der Waals surface area contributed by atoms with E-state index >= 15 is 0 Å². The number of carbonyl (C=O) groups excluding carboxylic acids is 3. The summed E-state index contributed by atoms with van der Waals surface area (Å²) in [5.74, 6) is -3.19. The van der Waals surface area contributed by atoms with Gasteiger partial charge in [0, 0.05) is 5.92 Å². The smallest absolute Gasteiger partial charge is 0.321 e. The molecule has 2 saturated heterocycles. The minimum absolute atomic E-state index is 0.0651. The van der Waals surface area contributed by atoms with Crippen LogP contribution in [0.25, 0.3) is 0 Å². The molecule has 2 heterocycles. The zero-order valence-corrected chi connectivity index (χ0v) is 19.9. The Morgan fingerprint density at radius 3 is 1.94 bits per heavy atom. The molecule has 8 fully saturated rings. The van der Waals surface area contributed by atoms with Gasteiger partial charge in [0.2, 0.25) is 0 Å². The molecule has 6 unspecified atom stereocenters. The van der Waals surface area contributed by atoms with Crippen LogP contribution in [0.15, 0.2) is 0 Å². The van der Waals surface area contributed by atoms with E-state index in [1.54, 1.807) is 0 Å². The van der Waals surface area contributed by atoms with E-state index < -0.39 is 45.9 Å². The Morgan fingerprint density at radius 2 is 1.35 bits per heavy atom. The second kappa shape index (κ2) is 8.18. The van der Waals surface area contributed by atoms with E-state index in [2.05, 4.69) is 0 Å². The van der Waals surface area contributed by atoms with E-state index in [1.807, 2.05) is 0 Å². The van der Waals surface area contributed by atoms with Crippen LogP contribution < -0.4 is 0 Å². The summed E-state index contributed by atoms with van der Waals surface area (Å²) in [4.78, 5) is 38.6. The summed E-state index contributed by atoms with van der Waals surface area (Å²) in [5, 5.41) is 0. The number of hydrogen-bond donors (Lipinski definition) is 1. The fourth-order valence-electron chi connectivity index (χ4n) is 8.38. The number of rotatable bonds is 6. The molecule has 1 N–H and O–H groups in total. The summed E-state index contributed by atoms with van der Waals surface area (Å²) in [6.07, 6.45) is 6.37. The van der Waals surface area contributed by atoms with Crippen molar-refractivity contribution in [3.8, 4) is 0 Å². The molecular weight excluding hydrogens is 464 g/mol. The van der Waals surface area contributed by atoms with Crippen LogP contribution in [0, 0.1) is 47.3 Å². The van der Waals surface area contributed by atoms with Gasteiger partial charge in [-0.05, 0) is 87.4 Å². The standard InChI is InChI=1S/C24H32O9S/c25-22-17-7-13-6-16(9-17)21(19(8-13)31-22)33-24(27)18(10-34(28,29)30)23(26)32-20-14-2-11-1-12(4-14)5-15(20)3-11/h11-21H,1-10H2,(H,28,29,30). The van der Waals surface area contributed by atoms with Crippen LogP contribution in [0.1, 0.15) is 57.8 Å². The Labute approximate surface area is 199 Å². The van der Waals surface area contributed by atoms with Crippen molar-refractivity contribution < 1.29 is 41.6 Å². The highest BCUT2D eigenvalue weighted by Gasteiger charge is 2.54. The predicted octanol–water partition coefficient (Wildman–Crippen LogP) is 2.13. The molecular formula is C24H32O9S. The van der Waals surface area contributed by atoms with Gasteiger partial charge in [-0.3, -0.25) is 18.9 Å². The first-order chi connectivity index (χ1) is 16.1. The molecule has 6 aliphatic carbocycles. The lowest BCUT2D eigenvalue weighted by Crippen LogP contribution is -2.51. The molecule has 2 aliphatic heterocycles. The Kier molecular flexibility index (Phi) is 5.48. The lowest BCUT2D eigenvalue weighted by atomic mass is 9.55. The summed E-state index contributed by atoms with van der Waals surface area (Å²) >= 11 is 0. The number of esters is 3. The van der Waals surface area contributed by atoms with Crippen molar-refractivity contribution in [1.82, 2.24) is 0 Å². The van der Waals surface area contributed by atoms with Crippen molar-refractivity contribution in [3.05, 3.63) is 0 Å². The fourth-order valence-corrected chi connectivity index (χ4v) is 9.07. The van der Waals surface area contributed by atoms with Gasteiger partial charge in [-0.15, -0.1) is 0 Å². The Bertz CT molecular complexity index is 962. The molecule has 0 amide bonds. The van der Waals surface area contributed by atoms with Crippen LogP contribution >= 0.6 is 0 Å². The van der Waals surface area contributed by atoms with Gasteiger partial charge in [-0.2, -0.15) is 8.42 Å². The van der Waals surface area contributed by atoms with Gasteiger partial charge in [0.15, 0.2) is 5.92 Å². The lowest BCUT2D eigenvalue weighted by Gasteiger charge is -2.53. The quantitative estimate of drug-likeness (QED) is 0.254. The van der Waals surface area contributed by atoms with Crippen molar-refractivity contribution >= 4 is 28.0 Å². The van der Waals surface area contributed by atoms with Crippen LogP contribution in [0.2, 0.25) is 0 Å². The molecule has 6 atom stereocenters. The van der Waals surface area contributed by atoms with E-state index in [4.69, 9.17) is 14.2 Å². The second-order valence-corrected chi connectivity index (χ2v) is 13.3. The molecule has 0 aromatic rings. The topological polar surface area (TPSA) is 133 Å². The molecule has 8 aliphatic rings. The number of hydrogen-bond acceptors (Lipinski definition) is 8. The normalized spacial score (nSPS) is 44.9. The second-order valence-electron chi connectivity index (χ2n) is 11.8. The van der Waals surface area contributed by atoms with Gasteiger partial charge in [-0.25, -0.2) is 0 Å². The van der Waals surface area contributed by atoms with Crippen LogP contribution in [0.4, 0.5) is 0 Å². The van der Waals surface area contributed by atoms with E-state index in [9.17, 15) is 27.4 Å². The molecule has 8 rings (SSSR count). The third-order valence-electron chi connectivity index (χ3n) is 9.43. The maximum Gasteiger partial charge on any atom is 0.321 e.